The summed E-state index contributed by atoms with van der Waals surface area (Å²) in [5.41, 5.74) is 3.73. The summed E-state index contributed by atoms with van der Waals surface area (Å²) in [5, 5.41) is 12.1. The lowest BCUT2D eigenvalue weighted by molar-refractivity contribution is -0.137. The van der Waals surface area contributed by atoms with Crippen LogP contribution in [0.5, 0.6) is 0 Å². The SMILES string of the molecule is Cc1c(CCC(=O)O)cccc1NC(=O)C(c1ccc(Br)cc1)C1CCCCC1. The van der Waals surface area contributed by atoms with Gasteiger partial charge in [-0.25, -0.2) is 0 Å². The topological polar surface area (TPSA) is 66.4 Å². The second-order valence-corrected chi connectivity index (χ2v) is 8.82. The lowest BCUT2D eigenvalue weighted by atomic mass is 9.76. The lowest BCUT2D eigenvalue weighted by Crippen LogP contribution is -2.29. The molecule has 2 aromatic carbocycles. The van der Waals surface area contributed by atoms with Crippen molar-refractivity contribution in [1.82, 2.24) is 0 Å². The van der Waals surface area contributed by atoms with Crippen molar-refractivity contribution in [2.45, 2.75) is 57.8 Å². The first-order valence-corrected chi connectivity index (χ1v) is 11.1. The molecule has 2 N–H and O–H groups in total. The second kappa shape index (κ2) is 10.1. The Kier molecular flexibility index (Phi) is 7.48. The third kappa shape index (κ3) is 5.69. The van der Waals surface area contributed by atoms with Crippen LogP contribution in [-0.4, -0.2) is 17.0 Å². The molecule has 2 aromatic rings. The van der Waals surface area contributed by atoms with Gasteiger partial charge in [-0.3, -0.25) is 9.59 Å². The zero-order valence-electron chi connectivity index (χ0n) is 16.8. The maximum absolute atomic E-state index is 13.4. The third-order valence-electron chi connectivity index (χ3n) is 5.94. The molecule has 0 aromatic heterocycles. The quantitative estimate of drug-likeness (QED) is 0.529. The number of hydrogen-bond donors (Lipinski definition) is 2. The number of benzene rings is 2. The van der Waals surface area contributed by atoms with Crippen molar-refractivity contribution in [3.8, 4) is 0 Å². The van der Waals surface area contributed by atoms with Gasteiger partial charge < -0.3 is 10.4 Å². The maximum Gasteiger partial charge on any atom is 0.303 e. The number of hydrogen-bond acceptors (Lipinski definition) is 2. The van der Waals surface area contributed by atoms with Crippen LogP contribution in [0, 0.1) is 12.8 Å². The van der Waals surface area contributed by atoms with Crippen LogP contribution in [0.1, 0.15) is 61.1 Å². The van der Waals surface area contributed by atoms with Crippen molar-refractivity contribution >= 4 is 33.5 Å². The third-order valence-corrected chi connectivity index (χ3v) is 6.47. The minimum atomic E-state index is -0.813. The Bertz CT molecular complexity index is 857. The maximum atomic E-state index is 13.4. The number of rotatable bonds is 7. The van der Waals surface area contributed by atoms with E-state index in [9.17, 15) is 9.59 Å². The van der Waals surface area contributed by atoms with Gasteiger partial charge in [-0.1, -0.05) is 59.5 Å². The molecule has 0 radical (unpaired) electrons. The molecule has 1 atom stereocenters. The minimum Gasteiger partial charge on any atom is -0.481 e. The van der Waals surface area contributed by atoms with E-state index in [4.69, 9.17) is 5.11 Å². The number of carbonyl (C=O) groups is 2. The Balaban J connectivity index is 1.83. The van der Waals surface area contributed by atoms with E-state index in [1.165, 1.54) is 19.3 Å². The van der Waals surface area contributed by atoms with E-state index in [0.717, 1.165) is 39.7 Å². The van der Waals surface area contributed by atoms with Gasteiger partial charge in [0.15, 0.2) is 0 Å². The highest BCUT2D eigenvalue weighted by atomic mass is 79.9. The Morgan fingerprint density at radius 1 is 1.10 bits per heavy atom. The van der Waals surface area contributed by atoms with E-state index in [1.54, 1.807) is 0 Å². The Hall–Kier alpha value is -2.14. The summed E-state index contributed by atoms with van der Waals surface area (Å²) in [5.74, 6) is -0.616. The number of halogens is 1. The molecular weight excluding hydrogens is 430 g/mol. The monoisotopic (exact) mass is 457 g/mol. The molecule has 29 heavy (non-hydrogen) atoms. The fraction of sp³-hybridized carbons (Fsp3) is 0.417. The van der Waals surface area contributed by atoms with Crippen LogP contribution in [0.2, 0.25) is 0 Å². The first-order valence-electron chi connectivity index (χ1n) is 10.3. The molecule has 1 saturated carbocycles. The van der Waals surface area contributed by atoms with Crippen LogP contribution in [0.15, 0.2) is 46.9 Å². The minimum absolute atomic E-state index is 0.0257. The van der Waals surface area contributed by atoms with Gasteiger partial charge in [0.2, 0.25) is 5.91 Å². The van der Waals surface area contributed by atoms with Gasteiger partial charge in [-0.15, -0.1) is 0 Å². The molecule has 1 aliphatic carbocycles. The number of carboxylic acids is 1. The van der Waals surface area contributed by atoms with E-state index in [2.05, 4.69) is 21.2 Å². The number of aryl methyl sites for hydroxylation is 1. The first-order chi connectivity index (χ1) is 14.0. The smallest absolute Gasteiger partial charge is 0.303 e. The van der Waals surface area contributed by atoms with Gasteiger partial charge in [0, 0.05) is 16.6 Å². The molecule has 1 unspecified atom stereocenters. The van der Waals surface area contributed by atoms with Crippen LogP contribution >= 0.6 is 15.9 Å². The van der Waals surface area contributed by atoms with Crippen LogP contribution in [-0.2, 0) is 16.0 Å². The number of anilines is 1. The van der Waals surface area contributed by atoms with Gasteiger partial charge in [0.1, 0.15) is 0 Å². The second-order valence-electron chi connectivity index (χ2n) is 7.90. The van der Waals surface area contributed by atoms with Crippen LogP contribution in [0.25, 0.3) is 0 Å². The summed E-state index contributed by atoms with van der Waals surface area (Å²) in [6, 6.07) is 13.8. The van der Waals surface area contributed by atoms with E-state index in [-0.39, 0.29) is 18.2 Å². The number of carbonyl (C=O) groups excluding carboxylic acids is 1. The average Bonchev–Trinajstić information content (AvgIpc) is 2.71. The Labute approximate surface area is 180 Å². The highest BCUT2D eigenvalue weighted by Gasteiger charge is 2.31. The summed E-state index contributed by atoms with van der Waals surface area (Å²) in [6.45, 7) is 1.95. The summed E-state index contributed by atoms with van der Waals surface area (Å²) < 4.78 is 1.01. The molecule has 154 valence electrons. The standard InChI is InChI=1S/C24H28BrNO3/c1-16-17(12-15-22(27)28)8-5-9-21(16)26-24(29)23(18-6-3-2-4-7-18)19-10-13-20(25)14-11-19/h5,8-11,13-14,18,23H,2-4,6-7,12,15H2,1H3,(H,26,29)(H,27,28). The molecule has 0 aliphatic heterocycles. The fourth-order valence-electron chi connectivity index (χ4n) is 4.32. The molecule has 1 amide bonds. The predicted octanol–water partition coefficient (Wildman–Crippen LogP) is 6.08. The van der Waals surface area contributed by atoms with Crippen LogP contribution in [0.3, 0.4) is 0 Å². The summed E-state index contributed by atoms with van der Waals surface area (Å²) in [6.07, 6.45) is 6.29. The summed E-state index contributed by atoms with van der Waals surface area (Å²) in [4.78, 5) is 24.3. The Morgan fingerprint density at radius 3 is 2.45 bits per heavy atom. The number of amides is 1. The number of aliphatic carboxylic acids is 1. The van der Waals surface area contributed by atoms with Crippen molar-refractivity contribution in [3.63, 3.8) is 0 Å². The predicted molar refractivity (Wildman–Crippen MR) is 119 cm³/mol. The average molecular weight is 458 g/mol. The van der Waals surface area contributed by atoms with Crippen LogP contribution in [0.4, 0.5) is 5.69 Å². The van der Waals surface area contributed by atoms with Crippen molar-refractivity contribution in [2.24, 2.45) is 5.92 Å². The lowest BCUT2D eigenvalue weighted by Gasteiger charge is -2.30. The fourth-order valence-corrected chi connectivity index (χ4v) is 4.58. The van der Waals surface area contributed by atoms with Gasteiger partial charge in [0.05, 0.1) is 5.92 Å². The van der Waals surface area contributed by atoms with Gasteiger partial charge in [-0.2, -0.15) is 0 Å². The molecule has 0 heterocycles. The molecule has 1 aliphatic rings. The molecule has 5 heteroatoms. The van der Waals surface area contributed by atoms with E-state index in [1.807, 2.05) is 49.4 Å². The largest absolute Gasteiger partial charge is 0.481 e. The van der Waals surface area contributed by atoms with Crippen molar-refractivity contribution in [3.05, 3.63) is 63.6 Å². The zero-order chi connectivity index (χ0) is 20.8. The van der Waals surface area contributed by atoms with Crippen LogP contribution < -0.4 is 5.32 Å². The van der Waals surface area contributed by atoms with Crippen molar-refractivity contribution < 1.29 is 14.7 Å². The number of carboxylic acid groups (broad SMARTS) is 1. The molecule has 4 nitrogen and oxygen atoms in total. The van der Waals surface area contributed by atoms with E-state index < -0.39 is 5.97 Å². The molecule has 3 rings (SSSR count). The van der Waals surface area contributed by atoms with Gasteiger partial charge >= 0.3 is 5.97 Å². The zero-order valence-corrected chi connectivity index (χ0v) is 18.4. The summed E-state index contributed by atoms with van der Waals surface area (Å²) >= 11 is 3.48. The molecule has 1 fully saturated rings. The first kappa shape index (κ1) is 21.6. The Morgan fingerprint density at radius 2 is 1.79 bits per heavy atom. The molecular formula is C24H28BrNO3. The number of nitrogens with one attached hydrogen (secondary N) is 1. The summed E-state index contributed by atoms with van der Waals surface area (Å²) in [7, 11) is 0. The normalized spacial score (nSPS) is 15.7. The highest BCUT2D eigenvalue weighted by Crippen LogP contribution is 2.37. The van der Waals surface area contributed by atoms with Gasteiger partial charge in [-0.05, 0) is 67.0 Å². The molecule has 0 saturated heterocycles. The molecule has 0 bridgehead atoms. The van der Waals surface area contributed by atoms with E-state index in [0.29, 0.717) is 12.3 Å². The molecule has 0 spiro atoms. The van der Waals surface area contributed by atoms with E-state index >= 15 is 0 Å². The van der Waals surface area contributed by atoms with Crippen molar-refractivity contribution in [2.75, 3.05) is 5.32 Å². The highest BCUT2D eigenvalue weighted by molar-refractivity contribution is 9.10. The van der Waals surface area contributed by atoms with Gasteiger partial charge in [0.25, 0.3) is 0 Å². The van der Waals surface area contributed by atoms with Crippen molar-refractivity contribution in [1.29, 1.82) is 0 Å².